The fourth-order valence-corrected chi connectivity index (χ4v) is 3.48. The van der Waals surface area contributed by atoms with Gasteiger partial charge in [0, 0.05) is 5.02 Å². The summed E-state index contributed by atoms with van der Waals surface area (Å²) in [5.74, 6) is 0.546. The molecule has 1 N–H and O–H groups in total. The Labute approximate surface area is 127 Å². The van der Waals surface area contributed by atoms with Crippen LogP contribution in [0.2, 0.25) is 5.02 Å². The molecule has 1 unspecified atom stereocenters. The lowest BCUT2D eigenvalue weighted by Crippen LogP contribution is -2.25. The third kappa shape index (κ3) is 5.81. The molecule has 1 rings (SSSR count). The van der Waals surface area contributed by atoms with Crippen molar-refractivity contribution in [3.63, 3.8) is 0 Å². The highest BCUT2D eigenvalue weighted by atomic mass is 35.5. The lowest BCUT2D eigenvalue weighted by molar-refractivity contribution is 0.477. The summed E-state index contributed by atoms with van der Waals surface area (Å²) in [6.07, 6.45) is 1.52. The zero-order valence-electron chi connectivity index (χ0n) is 12.4. The zero-order valence-corrected chi connectivity index (χ0v) is 14.0. The SMILES string of the molecule is CNCC(CCS(=O)(=O)C(C)C)Cc1cccc(Cl)c1. The molecular formula is C15H24ClNO2S. The van der Waals surface area contributed by atoms with Crippen molar-refractivity contribution in [3.05, 3.63) is 34.9 Å². The van der Waals surface area contributed by atoms with E-state index in [1.54, 1.807) is 13.8 Å². The second-order valence-electron chi connectivity index (χ2n) is 5.46. The number of halogens is 1. The van der Waals surface area contributed by atoms with Crippen LogP contribution in [0.4, 0.5) is 0 Å². The van der Waals surface area contributed by atoms with Crippen molar-refractivity contribution in [2.75, 3.05) is 19.3 Å². The number of benzene rings is 1. The average Bonchev–Trinajstić information content (AvgIpc) is 2.36. The Hall–Kier alpha value is -0.580. The molecule has 1 aromatic carbocycles. The van der Waals surface area contributed by atoms with Gasteiger partial charge in [0.1, 0.15) is 0 Å². The highest BCUT2D eigenvalue weighted by Gasteiger charge is 2.19. The first-order valence-corrected chi connectivity index (χ1v) is 9.05. The molecule has 5 heteroatoms. The molecule has 0 bridgehead atoms. The maximum atomic E-state index is 11.9. The summed E-state index contributed by atoms with van der Waals surface area (Å²) >= 11 is 5.99. The van der Waals surface area contributed by atoms with Gasteiger partial charge in [0.05, 0.1) is 11.0 Å². The Morgan fingerprint density at radius 3 is 2.55 bits per heavy atom. The molecule has 0 amide bonds. The second kappa shape index (κ2) is 8.01. The Bertz CT molecular complexity index is 514. The molecule has 0 fully saturated rings. The predicted molar refractivity (Wildman–Crippen MR) is 86.1 cm³/mol. The van der Waals surface area contributed by atoms with E-state index >= 15 is 0 Å². The first-order chi connectivity index (χ1) is 9.35. The third-order valence-corrected chi connectivity index (χ3v) is 5.91. The zero-order chi connectivity index (χ0) is 15.2. The van der Waals surface area contributed by atoms with E-state index in [0.717, 1.165) is 23.6 Å². The lowest BCUT2D eigenvalue weighted by atomic mass is 9.97. The molecule has 114 valence electrons. The topological polar surface area (TPSA) is 46.2 Å². The molecule has 0 heterocycles. The van der Waals surface area contributed by atoms with E-state index in [4.69, 9.17) is 11.6 Å². The van der Waals surface area contributed by atoms with Gasteiger partial charge < -0.3 is 5.32 Å². The smallest absolute Gasteiger partial charge is 0.152 e. The molecule has 0 spiro atoms. The van der Waals surface area contributed by atoms with Gasteiger partial charge in [-0.1, -0.05) is 23.7 Å². The van der Waals surface area contributed by atoms with Crippen LogP contribution in [0.1, 0.15) is 25.8 Å². The van der Waals surface area contributed by atoms with E-state index in [0.29, 0.717) is 12.3 Å². The monoisotopic (exact) mass is 317 g/mol. The van der Waals surface area contributed by atoms with Crippen LogP contribution in [0.15, 0.2) is 24.3 Å². The quantitative estimate of drug-likeness (QED) is 0.802. The van der Waals surface area contributed by atoms with Gasteiger partial charge in [-0.15, -0.1) is 0 Å². The van der Waals surface area contributed by atoms with Gasteiger partial charge >= 0.3 is 0 Å². The summed E-state index contributed by atoms with van der Waals surface area (Å²) in [6.45, 7) is 4.28. The molecular weight excluding hydrogens is 294 g/mol. The van der Waals surface area contributed by atoms with Crippen LogP contribution in [0.25, 0.3) is 0 Å². The number of sulfone groups is 1. The van der Waals surface area contributed by atoms with Crippen LogP contribution in [0.3, 0.4) is 0 Å². The van der Waals surface area contributed by atoms with Gasteiger partial charge in [0.25, 0.3) is 0 Å². The number of rotatable bonds is 8. The molecule has 0 radical (unpaired) electrons. The van der Waals surface area contributed by atoms with Gasteiger partial charge in [-0.05, 0) is 63.9 Å². The summed E-state index contributed by atoms with van der Waals surface area (Å²) in [5, 5.41) is 3.56. The first-order valence-electron chi connectivity index (χ1n) is 6.95. The first kappa shape index (κ1) is 17.5. The van der Waals surface area contributed by atoms with Crippen LogP contribution in [0.5, 0.6) is 0 Å². The van der Waals surface area contributed by atoms with Gasteiger partial charge in [0.2, 0.25) is 0 Å². The van der Waals surface area contributed by atoms with Crippen LogP contribution >= 0.6 is 11.6 Å². The summed E-state index contributed by atoms with van der Waals surface area (Å²) in [5.41, 5.74) is 1.15. The maximum Gasteiger partial charge on any atom is 0.152 e. The van der Waals surface area contributed by atoms with E-state index < -0.39 is 9.84 Å². The summed E-state index contributed by atoms with van der Waals surface area (Å²) in [7, 11) is -1.08. The molecule has 1 aromatic rings. The summed E-state index contributed by atoms with van der Waals surface area (Å²) in [6, 6.07) is 7.76. The number of nitrogens with one attached hydrogen (secondary N) is 1. The van der Waals surface area contributed by atoms with Crippen molar-refractivity contribution < 1.29 is 8.42 Å². The van der Waals surface area contributed by atoms with Gasteiger partial charge in [-0.3, -0.25) is 0 Å². The maximum absolute atomic E-state index is 11.9. The Balaban J connectivity index is 2.65. The van der Waals surface area contributed by atoms with Gasteiger partial charge in [-0.25, -0.2) is 8.42 Å². The Morgan fingerprint density at radius 1 is 1.30 bits per heavy atom. The van der Waals surface area contributed by atoms with Crippen LogP contribution in [-0.4, -0.2) is 33.0 Å². The van der Waals surface area contributed by atoms with Crippen molar-refractivity contribution in [2.45, 2.75) is 31.9 Å². The van der Waals surface area contributed by atoms with Crippen molar-refractivity contribution in [1.82, 2.24) is 5.32 Å². The molecule has 0 aliphatic carbocycles. The van der Waals surface area contributed by atoms with Crippen LogP contribution in [0, 0.1) is 5.92 Å². The van der Waals surface area contributed by atoms with E-state index in [1.165, 1.54) is 0 Å². The van der Waals surface area contributed by atoms with E-state index in [-0.39, 0.29) is 11.0 Å². The number of hydrogen-bond donors (Lipinski definition) is 1. The van der Waals surface area contributed by atoms with Crippen molar-refractivity contribution in [2.24, 2.45) is 5.92 Å². The molecule has 20 heavy (non-hydrogen) atoms. The van der Waals surface area contributed by atoms with E-state index in [9.17, 15) is 8.42 Å². The molecule has 0 saturated heterocycles. The number of hydrogen-bond acceptors (Lipinski definition) is 3. The minimum atomic E-state index is -2.97. The molecule has 3 nitrogen and oxygen atoms in total. The molecule has 0 aromatic heterocycles. The second-order valence-corrected chi connectivity index (χ2v) is 8.58. The fraction of sp³-hybridized carbons (Fsp3) is 0.600. The van der Waals surface area contributed by atoms with Crippen molar-refractivity contribution in [1.29, 1.82) is 0 Å². The average molecular weight is 318 g/mol. The van der Waals surface area contributed by atoms with Crippen molar-refractivity contribution in [3.8, 4) is 0 Å². The summed E-state index contributed by atoms with van der Waals surface area (Å²) in [4.78, 5) is 0. The Morgan fingerprint density at radius 2 is 2.00 bits per heavy atom. The van der Waals surface area contributed by atoms with Crippen molar-refractivity contribution >= 4 is 21.4 Å². The highest BCUT2D eigenvalue weighted by molar-refractivity contribution is 7.91. The molecule has 0 aliphatic heterocycles. The minimum Gasteiger partial charge on any atom is -0.319 e. The highest BCUT2D eigenvalue weighted by Crippen LogP contribution is 2.17. The third-order valence-electron chi connectivity index (χ3n) is 3.44. The van der Waals surface area contributed by atoms with E-state index in [1.807, 2.05) is 31.3 Å². The molecule has 0 aliphatic rings. The lowest BCUT2D eigenvalue weighted by Gasteiger charge is -2.17. The van der Waals surface area contributed by atoms with Gasteiger partial charge in [-0.2, -0.15) is 0 Å². The predicted octanol–water partition coefficient (Wildman–Crippen LogP) is 2.93. The molecule has 0 saturated carbocycles. The Kier molecular flexibility index (Phi) is 7.00. The van der Waals surface area contributed by atoms with Gasteiger partial charge in [0.15, 0.2) is 9.84 Å². The standard InChI is InChI=1S/C15H24ClNO2S/c1-12(2)20(18,19)8-7-14(11-17-3)9-13-5-4-6-15(16)10-13/h4-6,10,12,14,17H,7-9,11H2,1-3H3. The minimum absolute atomic E-state index is 0.248. The fourth-order valence-electron chi connectivity index (χ4n) is 2.13. The van der Waals surface area contributed by atoms with E-state index in [2.05, 4.69) is 5.32 Å². The largest absolute Gasteiger partial charge is 0.319 e. The van der Waals surface area contributed by atoms with Crippen LogP contribution in [-0.2, 0) is 16.3 Å². The molecule has 1 atom stereocenters. The normalized spacial score (nSPS) is 13.7. The van der Waals surface area contributed by atoms with Crippen LogP contribution < -0.4 is 5.32 Å². The summed E-state index contributed by atoms with van der Waals surface area (Å²) < 4.78 is 23.8.